The molecule has 0 radical (unpaired) electrons. The van der Waals surface area contributed by atoms with E-state index in [1.165, 1.54) is 12.8 Å². The molecule has 1 aliphatic carbocycles. The van der Waals surface area contributed by atoms with E-state index in [0.717, 1.165) is 23.1 Å². The summed E-state index contributed by atoms with van der Waals surface area (Å²) in [5.41, 5.74) is 3.00. The van der Waals surface area contributed by atoms with Gasteiger partial charge >= 0.3 is 6.03 Å². The third-order valence-electron chi connectivity index (χ3n) is 5.40. The van der Waals surface area contributed by atoms with Crippen LogP contribution in [-0.4, -0.2) is 39.6 Å². The number of benzene rings is 1. The van der Waals surface area contributed by atoms with Gasteiger partial charge in [0.2, 0.25) is 0 Å². The highest BCUT2D eigenvalue weighted by Crippen LogP contribution is 2.29. The van der Waals surface area contributed by atoms with E-state index in [1.54, 1.807) is 12.3 Å². The summed E-state index contributed by atoms with van der Waals surface area (Å²) in [5, 5.41) is 17.9. The predicted molar refractivity (Wildman–Crippen MR) is 119 cm³/mol. The second-order valence-corrected chi connectivity index (χ2v) is 8.05. The Morgan fingerprint density at radius 2 is 2.12 bits per heavy atom. The molecule has 2 amide bonds. The first-order valence-corrected chi connectivity index (χ1v) is 10.6. The number of pyridine rings is 1. The molecule has 0 spiro atoms. The van der Waals surface area contributed by atoms with Gasteiger partial charge in [0, 0.05) is 30.3 Å². The summed E-state index contributed by atoms with van der Waals surface area (Å²) in [5.74, 6) is 1.78. The van der Waals surface area contributed by atoms with E-state index in [2.05, 4.69) is 31.0 Å². The van der Waals surface area contributed by atoms with E-state index in [1.807, 2.05) is 43.3 Å². The van der Waals surface area contributed by atoms with E-state index in [-0.39, 0.29) is 12.1 Å². The smallest absolute Gasteiger partial charge is 0.320 e. The monoisotopic (exact) mass is 432 g/mol. The van der Waals surface area contributed by atoms with Gasteiger partial charge in [-0.1, -0.05) is 35.5 Å². The van der Waals surface area contributed by atoms with Gasteiger partial charge in [0.15, 0.2) is 0 Å². The maximum atomic E-state index is 12.7. The van der Waals surface area contributed by atoms with Crippen LogP contribution in [0.1, 0.15) is 30.2 Å². The molecule has 32 heavy (non-hydrogen) atoms. The van der Waals surface area contributed by atoms with Crippen molar-refractivity contribution >= 4 is 22.8 Å². The Kier molecular flexibility index (Phi) is 5.55. The molecule has 3 heterocycles. The average molecular weight is 432 g/mol. The lowest BCUT2D eigenvalue weighted by atomic mass is 10.1. The normalized spacial score (nSPS) is 14.4. The molecule has 0 saturated heterocycles. The molecule has 9 nitrogen and oxygen atoms in total. The van der Waals surface area contributed by atoms with Gasteiger partial charge in [0.05, 0.1) is 18.2 Å². The number of hydrogen-bond donors (Lipinski definition) is 3. The first kappa shape index (κ1) is 20.2. The number of ether oxygens (including phenoxy) is 1. The molecule has 1 atom stereocenters. The third kappa shape index (κ3) is 4.62. The number of rotatable bonds is 8. The highest BCUT2D eigenvalue weighted by Gasteiger charge is 2.23. The molecular weight excluding hydrogens is 408 g/mol. The maximum absolute atomic E-state index is 12.7. The minimum atomic E-state index is -0.354. The average Bonchev–Trinajstić information content (AvgIpc) is 3.37. The second-order valence-electron chi connectivity index (χ2n) is 8.05. The summed E-state index contributed by atoms with van der Waals surface area (Å²) in [6, 6.07) is 12.7. The summed E-state index contributed by atoms with van der Waals surface area (Å²) in [6.45, 7) is 2.98. The zero-order valence-corrected chi connectivity index (χ0v) is 17.7. The van der Waals surface area contributed by atoms with Gasteiger partial charge in [0.25, 0.3) is 0 Å². The van der Waals surface area contributed by atoms with E-state index in [9.17, 15) is 4.79 Å². The van der Waals surface area contributed by atoms with Crippen LogP contribution in [0.3, 0.4) is 0 Å². The summed E-state index contributed by atoms with van der Waals surface area (Å²) in [4.78, 5) is 17.1. The molecule has 0 aliphatic heterocycles. The van der Waals surface area contributed by atoms with E-state index in [4.69, 9.17) is 9.26 Å². The predicted octanol–water partition coefficient (Wildman–Crippen LogP) is 4.21. The van der Waals surface area contributed by atoms with Crippen LogP contribution in [0, 0.1) is 12.8 Å². The zero-order valence-electron chi connectivity index (χ0n) is 17.7. The Morgan fingerprint density at radius 1 is 1.28 bits per heavy atom. The number of aromatic nitrogens is 4. The van der Waals surface area contributed by atoms with Crippen molar-refractivity contribution < 1.29 is 14.1 Å². The number of aromatic amines is 1. The number of carbonyl (C=O) groups excluding carboxylic acids is 1. The SMILES string of the molecule is Cc1cc(-c2n[nH]c3cc(NC(=O)N[C@H](COCC4CC4)c4ccccc4)ncc23)no1. The standard InChI is InChI=1S/C23H24N6O3/c1-14-9-19(29-32-14)22-17-11-24-21(10-18(17)27-28-22)26-23(30)25-20(13-31-12-15-7-8-15)16-5-3-2-4-6-16/h2-6,9-11,15,20H,7-8,12-13H2,1H3,(H,27,28)(H2,24,25,26,30)/t20-/m1/s1. The van der Waals surface area contributed by atoms with Crippen LogP contribution in [0.15, 0.2) is 53.2 Å². The first-order chi connectivity index (χ1) is 15.7. The van der Waals surface area contributed by atoms with Crippen molar-refractivity contribution in [1.82, 2.24) is 25.7 Å². The minimum Gasteiger partial charge on any atom is -0.379 e. The van der Waals surface area contributed by atoms with Gasteiger partial charge in [-0.25, -0.2) is 9.78 Å². The van der Waals surface area contributed by atoms with Crippen molar-refractivity contribution in [2.24, 2.45) is 5.92 Å². The van der Waals surface area contributed by atoms with Gasteiger partial charge in [-0.05, 0) is 31.2 Å². The third-order valence-corrected chi connectivity index (χ3v) is 5.40. The highest BCUT2D eigenvalue weighted by atomic mass is 16.5. The number of anilines is 1. The Hall–Kier alpha value is -3.72. The highest BCUT2D eigenvalue weighted by molar-refractivity contribution is 5.95. The van der Waals surface area contributed by atoms with Gasteiger partial charge in [-0.3, -0.25) is 10.4 Å². The fourth-order valence-corrected chi connectivity index (χ4v) is 3.51. The molecule has 3 N–H and O–H groups in total. The molecule has 3 aromatic heterocycles. The lowest BCUT2D eigenvalue weighted by molar-refractivity contribution is 0.105. The quantitative estimate of drug-likeness (QED) is 0.384. The van der Waals surface area contributed by atoms with Gasteiger partial charge in [-0.15, -0.1) is 0 Å². The van der Waals surface area contributed by atoms with Crippen LogP contribution in [0.25, 0.3) is 22.3 Å². The first-order valence-electron chi connectivity index (χ1n) is 10.6. The number of nitrogens with one attached hydrogen (secondary N) is 3. The lowest BCUT2D eigenvalue weighted by Gasteiger charge is -2.19. The molecule has 1 aliphatic rings. The van der Waals surface area contributed by atoms with E-state index in [0.29, 0.717) is 35.5 Å². The molecule has 1 saturated carbocycles. The van der Waals surface area contributed by atoms with Crippen LogP contribution in [-0.2, 0) is 4.74 Å². The Labute approximate surface area is 184 Å². The summed E-state index contributed by atoms with van der Waals surface area (Å²) in [7, 11) is 0. The molecule has 164 valence electrons. The molecule has 0 unspecified atom stereocenters. The topological polar surface area (TPSA) is 118 Å². The second kappa shape index (κ2) is 8.80. The van der Waals surface area contributed by atoms with Crippen LogP contribution in [0.4, 0.5) is 10.6 Å². The summed E-state index contributed by atoms with van der Waals surface area (Å²) < 4.78 is 11.0. The van der Waals surface area contributed by atoms with E-state index < -0.39 is 0 Å². The van der Waals surface area contributed by atoms with Crippen molar-refractivity contribution in [2.45, 2.75) is 25.8 Å². The van der Waals surface area contributed by atoms with Gasteiger partial charge in [0.1, 0.15) is 23.0 Å². The van der Waals surface area contributed by atoms with Crippen LogP contribution in [0.2, 0.25) is 0 Å². The fourth-order valence-electron chi connectivity index (χ4n) is 3.51. The number of amides is 2. The number of urea groups is 1. The number of hydrogen-bond acceptors (Lipinski definition) is 6. The fraction of sp³-hybridized carbons (Fsp3) is 0.304. The van der Waals surface area contributed by atoms with E-state index >= 15 is 0 Å². The maximum Gasteiger partial charge on any atom is 0.320 e. The molecule has 5 rings (SSSR count). The number of nitrogens with zero attached hydrogens (tertiary/aromatic N) is 3. The van der Waals surface area contributed by atoms with Gasteiger partial charge < -0.3 is 14.6 Å². The molecule has 9 heteroatoms. The van der Waals surface area contributed by atoms with Crippen molar-refractivity contribution in [3.63, 3.8) is 0 Å². The Balaban J connectivity index is 1.27. The van der Waals surface area contributed by atoms with Crippen molar-refractivity contribution in [3.05, 3.63) is 60.0 Å². The minimum absolute atomic E-state index is 0.257. The molecule has 0 bridgehead atoms. The number of fused-ring (bicyclic) bond motifs is 1. The molecular formula is C23H24N6O3. The number of carbonyl (C=O) groups is 1. The van der Waals surface area contributed by atoms with Gasteiger partial charge in [-0.2, -0.15) is 5.10 Å². The van der Waals surface area contributed by atoms with Crippen molar-refractivity contribution in [2.75, 3.05) is 18.5 Å². The molecule has 1 aromatic carbocycles. The number of H-pyrrole nitrogens is 1. The van der Waals surface area contributed by atoms with Crippen LogP contribution < -0.4 is 10.6 Å². The summed E-state index contributed by atoms with van der Waals surface area (Å²) >= 11 is 0. The zero-order chi connectivity index (χ0) is 21.9. The Morgan fingerprint density at radius 3 is 2.88 bits per heavy atom. The van der Waals surface area contributed by atoms with Crippen LogP contribution in [0.5, 0.6) is 0 Å². The lowest BCUT2D eigenvalue weighted by Crippen LogP contribution is -2.35. The van der Waals surface area contributed by atoms with Crippen molar-refractivity contribution in [3.8, 4) is 11.4 Å². The Bertz CT molecular complexity index is 1210. The summed E-state index contributed by atoms with van der Waals surface area (Å²) in [6.07, 6.45) is 4.11. The van der Waals surface area contributed by atoms with Crippen LogP contribution >= 0.6 is 0 Å². The molecule has 4 aromatic rings. The molecule has 1 fully saturated rings. The number of aryl methyl sites for hydroxylation is 1. The van der Waals surface area contributed by atoms with Crippen molar-refractivity contribution in [1.29, 1.82) is 0 Å². The largest absolute Gasteiger partial charge is 0.379 e.